The third kappa shape index (κ3) is 4.20. The maximum absolute atomic E-state index is 13.6. The fourth-order valence-electron chi connectivity index (χ4n) is 3.18. The van der Waals surface area contributed by atoms with E-state index >= 15 is 0 Å². The van der Waals surface area contributed by atoms with Gasteiger partial charge in [0, 0.05) is 11.8 Å². The molecule has 5 heteroatoms. The van der Waals surface area contributed by atoms with Gasteiger partial charge in [0.1, 0.15) is 17.5 Å². The van der Waals surface area contributed by atoms with Gasteiger partial charge in [-0.2, -0.15) is 0 Å². The minimum atomic E-state index is -0.562. The summed E-state index contributed by atoms with van der Waals surface area (Å²) in [7, 11) is 1.63. The number of benzene rings is 3. The summed E-state index contributed by atoms with van der Waals surface area (Å²) < 4.78 is 5.32. The number of thiazole rings is 1. The van der Waals surface area contributed by atoms with E-state index in [9.17, 15) is 4.79 Å². The van der Waals surface area contributed by atoms with E-state index < -0.39 is 6.04 Å². The van der Waals surface area contributed by atoms with Gasteiger partial charge in [-0.15, -0.1) is 11.3 Å². The number of hydrogen-bond donors (Lipinski definition) is 1. The summed E-state index contributed by atoms with van der Waals surface area (Å²) in [6.45, 7) is 0. The highest BCUT2D eigenvalue weighted by atomic mass is 32.1. The lowest BCUT2D eigenvalue weighted by Gasteiger charge is -2.19. The predicted octanol–water partition coefficient (Wildman–Crippen LogP) is 5.85. The fraction of sp³-hybridized carbons (Fsp3) is 0.0833. The number of carbonyl (C=O) groups excluding carboxylic acids is 1. The summed E-state index contributed by atoms with van der Waals surface area (Å²) in [4.78, 5) is 18.9. The zero-order valence-electron chi connectivity index (χ0n) is 15.9. The van der Waals surface area contributed by atoms with Crippen molar-refractivity contribution in [3.63, 3.8) is 0 Å². The van der Waals surface area contributed by atoms with Gasteiger partial charge in [0.2, 0.25) is 5.78 Å². The van der Waals surface area contributed by atoms with Gasteiger partial charge in [-0.05, 0) is 23.3 Å². The van der Waals surface area contributed by atoms with Crippen LogP contribution in [0.15, 0.2) is 90.4 Å². The first-order valence-corrected chi connectivity index (χ1v) is 10.1. The molecule has 29 heavy (non-hydrogen) atoms. The first kappa shape index (κ1) is 18.9. The average Bonchev–Trinajstić information content (AvgIpc) is 3.28. The lowest BCUT2D eigenvalue weighted by atomic mass is 9.98. The highest BCUT2D eigenvalue weighted by Crippen LogP contribution is 2.32. The number of ether oxygens (including phenoxy) is 1. The topological polar surface area (TPSA) is 51.2 Å². The second-order valence-corrected chi connectivity index (χ2v) is 7.34. The number of ketones is 1. The molecule has 1 unspecified atom stereocenters. The Hall–Kier alpha value is -3.44. The van der Waals surface area contributed by atoms with Crippen LogP contribution in [0, 0.1) is 0 Å². The van der Waals surface area contributed by atoms with Crippen molar-refractivity contribution in [3.8, 4) is 16.2 Å². The molecule has 0 aliphatic rings. The minimum absolute atomic E-state index is 0.0703. The lowest BCUT2D eigenvalue weighted by Crippen LogP contribution is -2.22. The summed E-state index contributed by atoms with van der Waals surface area (Å²) in [6, 6.07) is 26.6. The molecule has 0 spiro atoms. The van der Waals surface area contributed by atoms with Gasteiger partial charge >= 0.3 is 0 Å². The Morgan fingerprint density at radius 1 is 0.966 bits per heavy atom. The van der Waals surface area contributed by atoms with Crippen LogP contribution in [-0.4, -0.2) is 17.9 Å². The molecule has 0 bridgehead atoms. The minimum Gasteiger partial charge on any atom is -0.497 e. The molecule has 0 aliphatic carbocycles. The summed E-state index contributed by atoms with van der Waals surface area (Å²) in [5.41, 5.74) is 4.88. The molecule has 0 saturated heterocycles. The largest absolute Gasteiger partial charge is 0.497 e. The lowest BCUT2D eigenvalue weighted by molar-refractivity contribution is 0.0966. The molecule has 3 aromatic carbocycles. The quantitative estimate of drug-likeness (QED) is 0.395. The van der Waals surface area contributed by atoms with Crippen molar-refractivity contribution in [1.29, 1.82) is 0 Å². The molecule has 144 valence electrons. The molecule has 4 aromatic rings. The first-order chi connectivity index (χ1) is 14.3. The molecule has 0 amide bonds. The van der Waals surface area contributed by atoms with E-state index in [1.807, 2.05) is 84.9 Å². The van der Waals surface area contributed by atoms with Gasteiger partial charge < -0.3 is 10.1 Å². The van der Waals surface area contributed by atoms with E-state index in [2.05, 4.69) is 10.3 Å². The van der Waals surface area contributed by atoms with Crippen LogP contribution in [0.1, 0.15) is 22.1 Å². The van der Waals surface area contributed by atoms with Gasteiger partial charge in [0.25, 0.3) is 0 Å². The second kappa shape index (κ2) is 8.71. The van der Waals surface area contributed by atoms with Gasteiger partial charge in [-0.3, -0.25) is 4.79 Å². The monoisotopic (exact) mass is 400 g/mol. The van der Waals surface area contributed by atoms with E-state index in [1.165, 1.54) is 11.3 Å². The average molecular weight is 401 g/mol. The Morgan fingerprint density at radius 2 is 1.69 bits per heavy atom. The van der Waals surface area contributed by atoms with Crippen molar-refractivity contribution in [2.75, 3.05) is 12.4 Å². The molecule has 1 N–H and O–H groups in total. The molecule has 0 fully saturated rings. The molecular weight excluding hydrogens is 380 g/mol. The second-order valence-electron chi connectivity index (χ2n) is 6.48. The number of anilines is 1. The fourth-order valence-corrected chi connectivity index (χ4v) is 3.98. The maximum atomic E-state index is 13.6. The molecule has 1 aromatic heterocycles. The number of nitrogens with one attached hydrogen (secondary N) is 1. The van der Waals surface area contributed by atoms with Crippen molar-refractivity contribution in [2.45, 2.75) is 6.04 Å². The molecule has 0 saturated carbocycles. The highest BCUT2D eigenvalue weighted by Gasteiger charge is 2.26. The number of rotatable bonds is 7. The predicted molar refractivity (Wildman–Crippen MR) is 118 cm³/mol. The third-order valence-electron chi connectivity index (χ3n) is 4.61. The van der Waals surface area contributed by atoms with Crippen molar-refractivity contribution in [3.05, 3.63) is 102 Å². The molecule has 4 nitrogen and oxygen atoms in total. The highest BCUT2D eigenvalue weighted by molar-refractivity contribution is 7.13. The van der Waals surface area contributed by atoms with Crippen molar-refractivity contribution < 1.29 is 9.53 Å². The smallest absolute Gasteiger partial charge is 0.209 e. The maximum Gasteiger partial charge on any atom is 0.209 e. The Kier molecular flexibility index (Phi) is 5.68. The zero-order chi connectivity index (χ0) is 20.1. The molecule has 1 atom stereocenters. The normalized spacial score (nSPS) is 11.6. The summed E-state index contributed by atoms with van der Waals surface area (Å²) in [5.74, 6) is 0.659. The molecule has 4 rings (SSSR count). The third-order valence-corrected chi connectivity index (χ3v) is 5.49. The van der Waals surface area contributed by atoms with E-state index in [-0.39, 0.29) is 5.78 Å². The van der Waals surface area contributed by atoms with Crippen LogP contribution in [0.3, 0.4) is 0 Å². The summed E-state index contributed by atoms with van der Waals surface area (Å²) in [5, 5.41) is 3.37. The number of Topliss-reactive ketones (excluding diaryl/α,β-unsaturated/α-hetero) is 1. The van der Waals surface area contributed by atoms with E-state index in [4.69, 9.17) is 4.74 Å². The molecule has 1 heterocycles. The molecule has 0 aliphatic heterocycles. The van der Waals surface area contributed by atoms with Crippen LogP contribution < -0.4 is 10.1 Å². The van der Waals surface area contributed by atoms with Crippen LogP contribution >= 0.6 is 11.3 Å². The Bertz CT molecular complexity index is 1090. The Labute approximate surface area is 173 Å². The van der Waals surface area contributed by atoms with E-state index in [0.29, 0.717) is 5.69 Å². The molecule has 0 radical (unpaired) electrons. The Morgan fingerprint density at radius 3 is 2.41 bits per heavy atom. The SMILES string of the molecule is COc1cccc(NC(C(=O)c2ncsc2-c2ccccc2)c2ccccc2)c1. The van der Waals surface area contributed by atoms with Crippen molar-refractivity contribution >= 4 is 22.8 Å². The van der Waals surface area contributed by atoms with Crippen molar-refractivity contribution in [1.82, 2.24) is 4.98 Å². The molecular formula is C24H20N2O2S. The number of nitrogens with zero attached hydrogens (tertiary/aromatic N) is 1. The number of methoxy groups -OCH3 is 1. The van der Waals surface area contributed by atoms with E-state index in [0.717, 1.165) is 27.4 Å². The van der Waals surface area contributed by atoms with Gasteiger partial charge in [0.05, 0.1) is 17.5 Å². The van der Waals surface area contributed by atoms with Crippen LogP contribution in [-0.2, 0) is 0 Å². The van der Waals surface area contributed by atoms with Crippen LogP contribution in [0.2, 0.25) is 0 Å². The van der Waals surface area contributed by atoms with Crippen LogP contribution in [0.25, 0.3) is 10.4 Å². The van der Waals surface area contributed by atoms with E-state index in [1.54, 1.807) is 12.6 Å². The summed E-state index contributed by atoms with van der Waals surface area (Å²) in [6.07, 6.45) is 0. The zero-order valence-corrected chi connectivity index (χ0v) is 16.7. The van der Waals surface area contributed by atoms with Crippen molar-refractivity contribution in [2.24, 2.45) is 0 Å². The number of carbonyl (C=O) groups is 1. The standard InChI is InChI=1S/C24H20N2O2S/c1-28-20-14-8-13-19(15-20)26-21(17-9-4-2-5-10-17)23(27)22-24(29-16-25-22)18-11-6-3-7-12-18/h2-16,21,26H,1H3. The number of hydrogen-bond acceptors (Lipinski definition) is 5. The van der Waals surface area contributed by atoms with Gasteiger partial charge in [-0.25, -0.2) is 4.98 Å². The Balaban J connectivity index is 1.72. The van der Waals surface area contributed by atoms with Gasteiger partial charge in [0.15, 0.2) is 0 Å². The van der Waals surface area contributed by atoms with Crippen LogP contribution in [0.5, 0.6) is 5.75 Å². The van der Waals surface area contributed by atoms with Crippen LogP contribution in [0.4, 0.5) is 5.69 Å². The first-order valence-electron chi connectivity index (χ1n) is 9.25. The van der Waals surface area contributed by atoms with Gasteiger partial charge in [-0.1, -0.05) is 66.7 Å². The number of aromatic nitrogens is 1. The summed E-state index contributed by atoms with van der Waals surface area (Å²) >= 11 is 1.48.